The second-order valence-electron chi connectivity index (χ2n) is 6.48. The van der Waals surface area contributed by atoms with E-state index >= 15 is 0 Å². The molecule has 9 nitrogen and oxygen atoms in total. The quantitative estimate of drug-likeness (QED) is 0.375. The van der Waals surface area contributed by atoms with E-state index in [1.807, 2.05) is 0 Å². The zero-order chi connectivity index (χ0) is 19.8. The zero-order valence-corrected chi connectivity index (χ0v) is 14.0. The molecule has 0 spiro atoms. The number of benzene rings is 1. The van der Waals surface area contributed by atoms with E-state index in [0.29, 0.717) is 16.5 Å². The molecular formula is C18H18O9. The van der Waals surface area contributed by atoms with Crippen LogP contribution >= 0.6 is 0 Å². The minimum Gasteiger partial charge on any atom is -0.507 e. The molecular weight excluding hydrogens is 360 g/mol. The van der Waals surface area contributed by atoms with Crippen molar-refractivity contribution in [1.29, 1.82) is 0 Å². The maximum absolute atomic E-state index is 12.0. The molecule has 144 valence electrons. The van der Waals surface area contributed by atoms with Gasteiger partial charge >= 0.3 is 11.9 Å². The fraction of sp³-hybridized carbons (Fsp3) is 0.333. The molecule has 1 aromatic heterocycles. The van der Waals surface area contributed by atoms with Gasteiger partial charge in [-0.05, 0) is 29.8 Å². The summed E-state index contributed by atoms with van der Waals surface area (Å²) in [5.41, 5.74) is -1.44. The Morgan fingerprint density at radius 3 is 2.70 bits per heavy atom. The molecule has 1 aliphatic rings. The second kappa shape index (κ2) is 7.03. The molecule has 3 rings (SSSR count). The summed E-state index contributed by atoms with van der Waals surface area (Å²) in [5, 5.41) is 49.2. The van der Waals surface area contributed by atoms with Crippen molar-refractivity contribution in [3.8, 4) is 5.75 Å². The number of carboxylic acids is 1. The van der Waals surface area contributed by atoms with E-state index in [1.54, 1.807) is 12.1 Å². The van der Waals surface area contributed by atoms with Crippen LogP contribution in [0, 0.1) is 0 Å². The van der Waals surface area contributed by atoms with Gasteiger partial charge in [0.25, 0.3) is 0 Å². The van der Waals surface area contributed by atoms with Crippen LogP contribution in [0.3, 0.4) is 0 Å². The van der Waals surface area contributed by atoms with Gasteiger partial charge in [0.05, 0.1) is 17.8 Å². The molecule has 0 aliphatic heterocycles. The van der Waals surface area contributed by atoms with Gasteiger partial charge in [-0.3, -0.25) is 0 Å². The third kappa shape index (κ3) is 3.80. The summed E-state index contributed by atoms with van der Waals surface area (Å²) in [6.45, 7) is 0. The Balaban J connectivity index is 1.71. The Labute approximate surface area is 152 Å². The molecule has 1 aromatic carbocycles. The van der Waals surface area contributed by atoms with Gasteiger partial charge in [-0.15, -0.1) is 0 Å². The lowest BCUT2D eigenvalue weighted by atomic mass is 9.79. The number of phenolic OH excluding ortho intramolecular Hbond substituents is 1. The SMILES string of the molecule is O=C(C=Cc1cc(O)c2ccoc2c1)O[C@@H]1C[C@](O)(C(=O)O)C[C@@H](O)[C@H]1O. The summed E-state index contributed by atoms with van der Waals surface area (Å²) in [4.78, 5) is 23.2. The normalized spacial score (nSPS) is 28.5. The Hall–Kier alpha value is -2.88. The number of aliphatic hydroxyl groups excluding tert-OH is 2. The number of rotatable bonds is 4. The van der Waals surface area contributed by atoms with Crippen LogP contribution < -0.4 is 0 Å². The first kappa shape index (κ1) is 18.9. The Morgan fingerprint density at radius 1 is 1.26 bits per heavy atom. The van der Waals surface area contributed by atoms with Crippen LogP contribution in [0.15, 0.2) is 35.0 Å². The van der Waals surface area contributed by atoms with Gasteiger partial charge < -0.3 is 34.7 Å². The number of carboxylic acid groups (broad SMARTS) is 1. The zero-order valence-electron chi connectivity index (χ0n) is 14.0. The molecule has 0 bridgehead atoms. The fourth-order valence-corrected chi connectivity index (χ4v) is 3.06. The number of carbonyl (C=O) groups is 2. The summed E-state index contributed by atoms with van der Waals surface area (Å²) in [6.07, 6.45) is -1.85. The standard InChI is InChI=1S/C18H18O9/c19-11-5-9(6-13-10(11)3-4-26-13)1-2-15(21)27-14-8-18(25,17(23)24)7-12(20)16(14)22/h1-6,12,14,16,19-20,22,25H,7-8H2,(H,23,24)/t12-,14-,16-,18+/m1/s1. The molecule has 1 heterocycles. The maximum Gasteiger partial charge on any atom is 0.335 e. The first-order valence-electron chi connectivity index (χ1n) is 8.10. The van der Waals surface area contributed by atoms with Crippen molar-refractivity contribution in [2.24, 2.45) is 0 Å². The van der Waals surface area contributed by atoms with Crippen molar-refractivity contribution in [3.05, 3.63) is 36.1 Å². The Morgan fingerprint density at radius 2 is 2.00 bits per heavy atom. The number of hydrogen-bond acceptors (Lipinski definition) is 8. The minimum atomic E-state index is -2.30. The topological polar surface area (TPSA) is 158 Å². The fourth-order valence-electron chi connectivity index (χ4n) is 3.06. The number of phenols is 1. The van der Waals surface area contributed by atoms with Gasteiger partial charge in [0, 0.05) is 18.9 Å². The van der Waals surface area contributed by atoms with Crippen molar-refractivity contribution in [2.45, 2.75) is 36.8 Å². The van der Waals surface area contributed by atoms with Gasteiger partial charge in [0.15, 0.2) is 5.60 Å². The minimum absolute atomic E-state index is 0.0355. The molecule has 1 aliphatic carbocycles. The van der Waals surface area contributed by atoms with Crippen molar-refractivity contribution < 1.29 is 44.3 Å². The highest BCUT2D eigenvalue weighted by Gasteiger charge is 2.50. The lowest BCUT2D eigenvalue weighted by Gasteiger charge is -2.39. The predicted molar refractivity (Wildman–Crippen MR) is 90.6 cm³/mol. The van der Waals surface area contributed by atoms with Crippen molar-refractivity contribution in [3.63, 3.8) is 0 Å². The Kier molecular flexibility index (Phi) is 4.92. The molecule has 1 fully saturated rings. The average Bonchev–Trinajstić information content (AvgIpc) is 3.06. The molecule has 2 aromatic rings. The summed E-state index contributed by atoms with van der Waals surface area (Å²) in [5.74, 6) is -2.53. The number of hydrogen-bond donors (Lipinski definition) is 5. The van der Waals surface area contributed by atoms with E-state index in [0.717, 1.165) is 6.08 Å². The first-order chi connectivity index (χ1) is 12.7. The maximum atomic E-state index is 12.0. The van der Waals surface area contributed by atoms with Crippen molar-refractivity contribution >= 4 is 29.0 Å². The van der Waals surface area contributed by atoms with Crippen molar-refractivity contribution in [2.75, 3.05) is 0 Å². The van der Waals surface area contributed by atoms with Crippen LogP contribution in [0.2, 0.25) is 0 Å². The number of furan rings is 1. The molecule has 0 radical (unpaired) electrons. The van der Waals surface area contributed by atoms with E-state index in [1.165, 1.54) is 18.4 Å². The molecule has 27 heavy (non-hydrogen) atoms. The van der Waals surface area contributed by atoms with Gasteiger partial charge in [-0.2, -0.15) is 0 Å². The monoisotopic (exact) mass is 378 g/mol. The molecule has 0 saturated heterocycles. The molecule has 4 atom stereocenters. The third-order valence-corrected chi connectivity index (χ3v) is 4.51. The number of aromatic hydroxyl groups is 1. The molecule has 5 N–H and O–H groups in total. The van der Waals surface area contributed by atoms with Crippen LogP contribution in [0.5, 0.6) is 5.75 Å². The number of ether oxygens (including phenoxy) is 1. The second-order valence-corrected chi connectivity index (χ2v) is 6.48. The summed E-state index contributed by atoms with van der Waals surface area (Å²) in [6, 6.07) is 4.58. The predicted octanol–water partition coefficient (Wildman–Crippen LogP) is 0.395. The van der Waals surface area contributed by atoms with E-state index in [2.05, 4.69) is 0 Å². The highest BCUT2D eigenvalue weighted by Crippen LogP contribution is 2.31. The molecule has 0 amide bonds. The molecule has 0 unspecified atom stereocenters. The lowest BCUT2D eigenvalue weighted by Crippen LogP contribution is -2.57. The third-order valence-electron chi connectivity index (χ3n) is 4.51. The summed E-state index contributed by atoms with van der Waals surface area (Å²) in [7, 11) is 0. The number of carbonyl (C=O) groups excluding carboxylic acids is 1. The largest absolute Gasteiger partial charge is 0.507 e. The van der Waals surface area contributed by atoms with Crippen LogP contribution in [0.4, 0.5) is 0 Å². The smallest absolute Gasteiger partial charge is 0.335 e. The van der Waals surface area contributed by atoms with E-state index < -0.39 is 48.7 Å². The van der Waals surface area contributed by atoms with Gasteiger partial charge in [-0.25, -0.2) is 9.59 Å². The van der Waals surface area contributed by atoms with Crippen LogP contribution in [-0.2, 0) is 14.3 Å². The summed E-state index contributed by atoms with van der Waals surface area (Å²) >= 11 is 0. The number of fused-ring (bicyclic) bond motifs is 1. The van der Waals surface area contributed by atoms with Crippen LogP contribution in [0.25, 0.3) is 17.0 Å². The molecule has 1 saturated carbocycles. The highest BCUT2D eigenvalue weighted by molar-refractivity contribution is 5.90. The first-order valence-corrected chi connectivity index (χ1v) is 8.10. The van der Waals surface area contributed by atoms with Gasteiger partial charge in [-0.1, -0.05) is 0 Å². The van der Waals surface area contributed by atoms with Crippen LogP contribution in [0.1, 0.15) is 18.4 Å². The number of aliphatic carboxylic acids is 1. The summed E-state index contributed by atoms with van der Waals surface area (Å²) < 4.78 is 10.2. The van der Waals surface area contributed by atoms with Gasteiger partial charge in [0.2, 0.25) is 0 Å². The lowest BCUT2D eigenvalue weighted by molar-refractivity contribution is -0.196. The van der Waals surface area contributed by atoms with E-state index in [9.17, 15) is 30.0 Å². The van der Waals surface area contributed by atoms with E-state index in [4.69, 9.17) is 14.3 Å². The Bertz CT molecular complexity index is 899. The number of esters is 1. The average molecular weight is 378 g/mol. The van der Waals surface area contributed by atoms with E-state index in [-0.39, 0.29) is 5.75 Å². The van der Waals surface area contributed by atoms with Gasteiger partial charge in [0.1, 0.15) is 23.5 Å². The molecule has 9 heteroatoms. The van der Waals surface area contributed by atoms with Crippen LogP contribution in [-0.4, -0.2) is 61.4 Å². The highest BCUT2D eigenvalue weighted by atomic mass is 16.6. The van der Waals surface area contributed by atoms with Crippen molar-refractivity contribution in [1.82, 2.24) is 0 Å². The number of aliphatic hydroxyl groups is 3.